The number of carbonyl (C=O) groups is 1. The topological polar surface area (TPSA) is 23.6 Å². The van der Waals surface area contributed by atoms with Crippen LogP contribution in [-0.4, -0.2) is 42.0 Å². The molecule has 1 rings (SSSR count). The Morgan fingerprint density at radius 2 is 1.41 bits per heavy atom. The normalized spacial score (nSPS) is 19.9. The molecule has 3 nitrogen and oxygen atoms in total. The van der Waals surface area contributed by atoms with Crippen molar-refractivity contribution in [2.45, 2.75) is 53.4 Å². The Hall–Kier alpha value is -0.730. The molecule has 0 N–H and O–H groups in total. The van der Waals surface area contributed by atoms with Crippen molar-refractivity contribution in [2.24, 2.45) is 5.41 Å². The predicted octanol–water partition coefficient (Wildman–Crippen LogP) is 3.35. The molecule has 1 saturated heterocycles. The maximum Gasteiger partial charge on any atom is 0.320 e. The molecule has 1 heterocycles. The van der Waals surface area contributed by atoms with Crippen LogP contribution >= 0.6 is 0 Å². The van der Waals surface area contributed by atoms with Gasteiger partial charge in [-0.3, -0.25) is 0 Å². The van der Waals surface area contributed by atoms with Gasteiger partial charge in [-0.15, -0.1) is 0 Å². The monoisotopic (exact) mass is 240 g/mol. The fourth-order valence-corrected chi connectivity index (χ4v) is 2.47. The smallest absolute Gasteiger partial charge is 0.320 e. The van der Waals surface area contributed by atoms with Crippen molar-refractivity contribution < 1.29 is 4.79 Å². The first-order valence-corrected chi connectivity index (χ1v) is 7.04. The lowest BCUT2D eigenvalue weighted by atomic mass is 9.90. The number of hydrogen-bond acceptors (Lipinski definition) is 1. The van der Waals surface area contributed by atoms with Crippen molar-refractivity contribution in [2.75, 3.05) is 26.2 Å². The zero-order valence-corrected chi connectivity index (χ0v) is 12.0. The Labute approximate surface area is 106 Å². The average molecular weight is 240 g/mol. The molecule has 0 aromatic carbocycles. The van der Waals surface area contributed by atoms with Gasteiger partial charge in [0.15, 0.2) is 0 Å². The van der Waals surface area contributed by atoms with Crippen LogP contribution in [0.15, 0.2) is 0 Å². The van der Waals surface area contributed by atoms with Crippen LogP contribution in [0.5, 0.6) is 0 Å². The zero-order valence-electron chi connectivity index (χ0n) is 12.0. The summed E-state index contributed by atoms with van der Waals surface area (Å²) in [6.45, 7) is 12.5. The number of nitrogens with zero attached hydrogens (tertiary/aromatic N) is 2. The fraction of sp³-hybridized carbons (Fsp3) is 0.929. The average Bonchev–Trinajstić information content (AvgIpc) is 2.27. The molecule has 0 aromatic heterocycles. The van der Waals surface area contributed by atoms with E-state index >= 15 is 0 Å². The zero-order chi connectivity index (χ0) is 12.9. The van der Waals surface area contributed by atoms with Gasteiger partial charge in [-0.2, -0.15) is 0 Å². The summed E-state index contributed by atoms with van der Waals surface area (Å²) in [5, 5.41) is 0. The summed E-state index contributed by atoms with van der Waals surface area (Å²) in [4.78, 5) is 16.4. The summed E-state index contributed by atoms with van der Waals surface area (Å²) in [6.07, 6.45) is 4.53. The van der Waals surface area contributed by atoms with Gasteiger partial charge < -0.3 is 9.80 Å². The van der Waals surface area contributed by atoms with Crippen molar-refractivity contribution in [3.8, 4) is 0 Å². The van der Waals surface area contributed by atoms with E-state index in [9.17, 15) is 4.79 Å². The summed E-state index contributed by atoms with van der Waals surface area (Å²) in [7, 11) is 0. The molecule has 0 spiro atoms. The summed E-state index contributed by atoms with van der Waals surface area (Å²) < 4.78 is 0. The van der Waals surface area contributed by atoms with Gasteiger partial charge in [-0.1, -0.05) is 40.5 Å². The minimum atomic E-state index is 0.232. The quantitative estimate of drug-likeness (QED) is 0.698. The molecular formula is C14H28N2O. The first-order valence-electron chi connectivity index (χ1n) is 7.04. The Bertz CT molecular complexity index is 229. The van der Waals surface area contributed by atoms with Gasteiger partial charge >= 0.3 is 6.03 Å². The van der Waals surface area contributed by atoms with Crippen molar-refractivity contribution in [1.82, 2.24) is 9.80 Å². The third-order valence-corrected chi connectivity index (χ3v) is 3.34. The van der Waals surface area contributed by atoms with E-state index < -0.39 is 0 Å². The van der Waals surface area contributed by atoms with Crippen molar-refractivity contribution in [1.29, 1.82) is 0 Å². The molecule has 2 amide bonds. The molecule has 17 heavy (non-hydrogen) atoms. The number of carbonyl (C=O) groups excluding carboxylic acids is 1. The van der Waals surface area contributed by atoms with Crippen LogP contribution in [0.4, 0.5) is 4.79 Å². The van der Waals surface area contributed by atoms with Crippen molar-refractivity contribution in [3.05, 3.63) is 0 Å². The summed E-state index contributed by atoms with van der Waals surface area (Å²) >= 11 is 0. The first kappa shape index (κ1) is 14.3. The van der Waals surface area contributed by atoms with E-state index in [-0.39, 0.29) is 11.4 Å². The number of rotatable bonds is 6. The van der Waals surface area contributed by atoms with Crippen molar-refractivity contribution >= 4 is 6.03 Å². The second-order valence-electron chi connectivity index (χ2n) is 6.00. The number of unbranched alkanes of at least 4 members (excludes halogenated alkanes) is 2. The third kappa shape index (κ3) is 4.21. The molecule has 100 valence electrons. The minimum absolute atomic E-state index is 0.232. The second kappa shape index (κ2) is 6.27. The number of hydrogen-bond donors (Lipinski definition) is 0. The second-order valence-corrected chi connectivity index (χ2v) is 6.00. The summed E-state index contributed by atoms with van der Waals surface area (Å²) in [6, 6.07) is 0.256. The molecule has 0 unspecified atom stereocenters. The van der Waals surface area contributed by atoms with Crippen LogP contribution in [0.2, 0.25) is 0 Å². The Morgan fingerprint density at radius 1 is 1.00 bits per heavy atom. The minimum Gasteiger partial charge on any atom is -0.324 e. The van der Waals surface area contributed by atoms with E-state index in [0.717, 1.165) is 51.9 Å². The van der Waals surface area contributed by atoms with Crippen LogP contribution < -0.4 is 0 Å². The lowest BCUT2D eigenvalue weighted by Crippen LogP contribution is -2.57. The van der Waals surface area contributed by atoms with E-state index in [1.165, 1.54) is 0 Å². The SMILES string of the molecule is CCCCN1CC(C)(C)CN(CCCC)C1=O. The maximum atomic E-state index is 12.3. The first-order chi connectivity index (χ1) is 8.00. The lowest BCUT2D eigenvalue weighted by Gasteiger charge is -2.44. The molecule has 1 aliphatic heterocycles. The van der Waals surface area contributed by atoms with Gasteiger partial charge in [0.1, 0.15) is 0 Å². The predicted molar refractivity (Wildman–Crippen MR) is 72.1 cm³/mol. The summed E-state index contributed by atoms with van der Waals surface area (Å²) in [5.41, 5.74) is 0.232. The highest BCUT2D eigenvalue weighted by atomic mass is 16.2. The molecule has 3 heteroatoms. The fourth-order valence-electron chi connectivity index (χ4n) is 2.47. The largest absolute Gasteiger partial charge is 0.324 e. The van der Waals surface area contributed by atoms with E-state index in [2.05, 4.69) is 27.7 Å². The van der Waals surface area contributed by atoms with Gasteiger partial charge in [0.05, 0.1) is 0 Å². The van der Waals surface area contributed by atoms with E-state index in [1.54, 1.807) is 0 Å². The van der Waals surface area contributed by atoms with Crippen LogP contribution in [0.25, 0.3) is 0 Å². The molecule has 1 aliphatic rings. The molecule has 1 fully saturated rings. The highest BCUT2D eigenvalue weighted by Gasteiger charge is 2.35. The highest BCUT2D eigenvalue weighted by molar-refractivity contribution is 5.75. The van der Waals surface area contributed by atoms with Gasteiger partial charge in [-0.05, 0) is 12.8 Å². The van der Waals surface area contributed by atoms with E-state index in [1.807, 2.05) is 9.80 Å². The molecule has 0 bridgehead atoms. The third-order valence-electron chi connectivity index (χ3n) is 3.34. The standard InChI is InChI=1S/C14H28N2O/c1-5-7-9-15-11-14(3,4)12-16(13(15)17)10-8-6-2/h5-12H2,1-4H3. The van der Waals surface area contributed by atoms with Crippen LogP contribution in [0.3, 0.4) is 0 Å². The number of amides is 2. The maximum absolute atomic E-state index is 12.3. The molecule has 0 aliphatic carbocycles. The molecule has 0 radical (unpaired) electrons. The van der Waals surface area contributed by atoms with Gasteiger partial charge in [0.2, 0.25) is 0 Å². The van der Waals surface area contributed by atoms with Crippen molar-refractivity contribution in [3.63, 3.8) is 0 Å². The van der Waals surface area contributed by atoms with Crippen LogP contribution in [0.1, 0.15) is 53.4 Å². The van der Waals surface area contributed by atoms with Gasteiger partial charge in [0, 0.05) is 31.6 Å². The Balaban J connectivity index is 2.61. The lowest BCUT2D eigenvalue weighted by molar-refractivity contribution is 0.0687. The van der Waals surface area contributed by atoms with Gasteiger partial charge in [-0.25, -0.2) is 4.79 Å². The highest BCUT2D eigenvalue weighted by Crippen LogP contribution is 2.25. The van der Waals surface area contributed by atoms with E-state index in [0.29, 0.717) is 0 Å². The molecule has 0 aromatic rings. The molecule has 0 saturated carbocycles. The van der Waals surface area contributed by atoms with E-state index in [4.69, 9.17) is 0 Å². The molecular weight excluding hydrogens is 212 g/mol. The Kier molecular flexibility index (Phi) is 5.29. The number of urea groups is 1. The van der Waals surface area contributed by atoms with Gasteiger partial charge in [0.25, 0.3) is 0 Å². The molecule has 0 atom stereocenters. The summed E-state index contributed by atoms with van der Waals surface area (Å²) in [5.74, 6) is 0. The van der Waals surface area contributed by atoms with Crippen LogP contribution in [0, 0.1) is 5.41 Å². The van der Waals surface area contributed by atoms with Crippen LogP contribution in [-0.2, 0) is 0 Å². The Morgan fingerprint density at radius 3 is 1.76 bits per heavy atom.